The Balaban J connectivity index is 2.02. The molecule has 0 spiro atoms. The van der Waals surface area contributed by atoms with Gasteiger partial charge < -0.3 is 5.11 Å². The Morgan fingerprint density at radius 2 is 1.57 bits per heavy atom. The molecule has 0 atom stereocenters. The fraction of sp³-hybridized carbons (Fsp3) is 0.143. The van der Waals surface area contributed by atoms with Gasteiger partial charge in [0.25, 0.3) is 0 Å². The van der Waals surface area contributed by atoms with Crippen molar-refractivity contribution in [3.63, 3.8) is 0 Å². The Labute approximate surface area is 133 Å². The summed E-state index contributed by atoms with van der Waals surface area (Å²) in [6.45, 7) is 0.233. The number of phenols is 1. The summed E-state index contributed by atoms with van der Waals surface area (Å²) in [6, 6.07) is 10.7. The van der Waals surface area contributed by atoms with Crippen LogP contribution in [0.1, 0.15) is 5.56 Å². The first-order chi connectivity index (χ1) is 9.87. The molecule has 0 heterocycles. The molecule has 21 heavy (non-hydrogen) atoms. The van der Waals surface area contributed by atoms with Crippen LogP contribution in [0.15, 0.2) is 47.4 Å². The van der Waals surface area contributed by atoms with Gasteiger partial charge in [-0.3, -0.25) is 0 Å². The van der Waals surface area contributed by atoms with Crippen LogP contribution in [0, 0.1) is 0 Å². The highest BCUT2D eigenvalue weighted by atomic mass is 35.5. The average molecular weight is 346 g/mol. The van der Waals surface area contributed by atoms with Crippen molar-refractivity contribution in [1.29, 1.82) is 0 Å². The van der Waals surface area contributed by atoms with Crippen LogP contribution in [0.3, 0.4) is 0 Å². The fourth-order valence-electron chi connectivity index (χ4n) is 1.76. The molecule has 2 N–H and O–H groups in total. The van der Waals surface area contributed by atoms with Gasteiger partial charge in [-0.15, -0.1) is 0 Å². The molecule has 0 saturated heterocycles. The fourth-order valence-corrected chi connectivity index (χ4v) is 3.52. The molecule has 2 rings (SSSR count). The van der Waals surface area contributed by atoms with Crippen molar-refractivity contribution < 1.29 is 13.5 Å². The zero-order valence-corrected chi connectivity index (χ0v) is 13.2. The largest absolute Gasteiger partial charge is 0.508 e. The van der Waals surface area contributed by atoms with Gasteiger partial charge in [0.05, 0.1) is 4.90 Å². The Hall–Kier alpha value is -1.27. The van der Waals surface area contributed by atoms with E-state index < -0.39 is 10.0 Å². The Kier molecular flexibility index (Phi) is 5.11. The molecule has 0 unspecified atom stereocenters. The second-order valence-electron chi connectivity index (χ2n) is 4.42. The highest BCUT2D eigenvalue weighted by Crippen LogP contribution is 2.22. The number of phenolic OH excluding ortho intramolecular Hbond substituents is 1. The first-order valence-electron chi connectivity index (χ1n) is 6.10. The van der Waals surface area contributed by atoms with Gasteiger partial charge in [0.15, 0.2) is 0 Å². The van der Waals surface area contributed by atoms with Gasteiger partial charge in [0.2, 0.25) is 10.0 Å². The Morgan fingerprint density at radius 3 is 2.14 bits per heavy atom. The van der Waals surface area contributed by atoms with Crippen LogP contribution < -0.4 is 4.72 Å². The summed E-state index contributed by atoms with van der Waals surface area (Å²) < 4.78 is 26.7. The van der Waals surface area contributed by atoms with E-state index in [2.05, 4.69) is 4.72 Å². The molecule has 0 aromatic heterocycles. The molecule has 4 nitrogen and oxygen atoms in total. The first-order valence-corrected chi connectivity index (χ1v) is 8.34. The molecule has 7 heteroatoms. The third kappa shape index (κ3) is 4.61. The number of benzene rings is 2. The van der Waals surface area contributed by atoms with Gasteiger partial charge in [-0.2, -0.15) is 0 Å². The van der Waals surface area contributed by atoms with Crippen molar-refractivity contribution in [2.45, 2.75) is 11.3 Å². The Bertz CT molecular complexity index is 710. The van der Waals surface area contributed by atoms with Crippen LogP contribution in [0.25, 0.3) is 0 Å². The van der Waals surface area contributed by atoms with Crippen LogP contribution in [0.4, 0.5) is 0 Å². The van der Waals surface area contributed by atoms with E-state index in [-0.39, 0.29) is 27.2 Å². The normalized spacial score (nSPS) is 11.5. The number of halogens is 2. The van der Waals surface area contributed by atoms with E-state index in [1.54, 1.807) is 24.3 Å². The van der Waals surface area contributed by atoms with E-state index in [4.69, 9.17) is 23.2 Å². The SMILES string of the molecule is O=S(=O)(NCCc1ccc(O)cc1)c1cc(Cl)cc(Cl)c1. The maximum Gasteiger partial charge on any atom is 0.240 e. The first kappa shape index (κ1) is 16.1. The van der Waals surface area contributed by atoms with Gasteiger partial charge in [0.1, 0.15) is 5.75 Å². The number of nitrogens with one attached hydrogen (secondary N) is 1. The van der Waals surface area contributed by atoms with E-state index in [0.29, 0.717) is 6.42 Å². The van der Waals surface area contributed by atoms with Crippen molar-refractivity contribution in [2.75, 3.05) is 6.54 Å². The number of aromatic hydroxyl groups is 1. The lowest BCUT2D eigenvalue weighted by molar-refractivity contribution is 0.475. The summed E-state index contributed by atoms with van der Waals surface area (Å²) in [5.74, 6) is 0.174. The van der Waals surface area contributed by atoms with E-state index in [1.807, 2.05) is 0 Å². The van der Waals surface area contributed by atoms with Crippen LogP contribution in [0.2, 0.25) is 10.0 Å². The van der Waals surface area contributed by atoms with Crippen LogP contribution >= 0.6 is 23.2 Å². The van der Waals surface area contributed by atoms with Crippen molar-refractivity contribution in [3.8, 4) is 5.75 Å². The lowest BCUT2D eigenvalue weighted by Gasteiger charge is -2.08. The molecular weight excluding hydrogens is 333 g/mol. The van der Waals surface area contributed by atoms with Gasteiger partial charge in [-0.1, -0.05) is 35.3 Å². The average Bonchev–Trinajstić information content (AvgIpc) is 2.40. The molecule has 112 valence electrons. The molecule has 0 amide bonds. The molecule has 0 fully saturated rings. The monoisotopic (exact) mass is 345 g/mol. The van der Waals surface area contributed by atoms with E-state index in [1.165, 1.54) is 18.2 Å². The standard InChI is InChI=1S/C14H13Cl2NO3S/c15-11-7-12(16)9-14(8-11)21(19,20)17-6-5-10-1-3-13(18)4-2-10/h1-4,7-9,17-18H,5-6H2. The lowest BCUT2D eigenvalue weighted by atomic mass is 10.1. The molecule has 0 radical (unpaired) electrons. The van der Waals surface area contributed by atoms with Crippen LogP contribution in [-0.4, -0.2) is 20.1 Å². The maximum atomic E-state index is 12.1. The second-order valence-corrected chi connectivity index (χ2v) is 7.06. The van der Waals surface area contributed by atoms with E-state index in [9.17, 15) is 13.5 Å². The molecular formula is C14H13Cl2NO3S. The summed E-state index contributed by atoms with van der Waals surface area (Å²) >= 11 is 11.6. The Morgan fingerprint density at radius 1 is 1.00 bits per heavy atom. The zero-order valence-electron chi connectivity index (χ0n) is 10.9. The minimum absolute atomic E-state index is 0.0331. The molecule has 2 aromatic rings. The second kappa shape index (κ2) is 6.66. The molecule has 0 aliphatic rings. The van der Waals surface area contributed by atoms with Gasteiger partial charge >= 0.3 is 0 Å². The summed E-state index contributed by atoms with van der Waals surface area (Å²) in [5, 5.41) is 9.71. The number of rotatable bonds is 5. The minimum atomic E-state index is -3.65. The number of sulfonamides is 1. The number of hydrogen-bond donors (Lipinski definition) is 2. The van der Waals surface area contributed by atoms with Crippen LogP contribution in [0.5, 0.6) is 5.75 Å². The summed E-state index contributed by atoms with van der Waals surface area (Å²) in [7, 11) is -3.65. The van der Waals surface area contributed by atoms with E-state index >= 15 is 0 Å². The molecule has 2 aromatic carbocycles. The predicted molar refractivity (Wildman–Crippen MR) is 83.5 cm³/mol. The molecule has 0 saturated carbocycles. The maximum absolute atomic E-state index is 12.1. The van der Waals surface area contributed by atoms with Crippen molar-refractivity contribution in [3.05, 3.63) is 58.1 Å². The number of hydrogen-bond acceptors (Lipinski definition) is 3. The smallest absolute Gasteiger partial charge is 0.240 e. The van der Waals surface area contributed by atoms with Crippen molar-refractivity contribution in [1.82, 2.24) is 4.72 Å². The summed E-state index contributed by atoms with van der Waals surface area (Å²) in [5.41, 5.74) is 0.916. The molecule has 0 bridgehead atoms. The third-order valence-electron chi connectivity index (χ3n) is 2.79. The van der Waals surface area contributed by atoms with Gasteiger partial charge in [0, 0.05) is 16.6 Å². The molecule has 0 aliphatic carbocycles. The van der Waals surface area contributed by atoms with Gasteiger partial charge in [-0.05, 0) is 42.3 Å². The summed E-state index contributed by atoms with van der Waals surface area (Å²) in [4.78, 5) is 0.0331. The highest BCUT2D eigenvalue weighted by molar-refractivity contribution is 7.89. The van der Waals surface area contributed by atoms with Crippen molar-refractivity contribution >= 4 is 33.2 Å². The predicted octanol–water partition coefficient (Wildman–Crippen LogP) is 3.22. The minimum Gasteiger partial charge on any atom is -0.508 e. The third-order valence-corrected chi connectivity index (χ3v) is 4.67. The van der Waals surface area contributed by atoms with Crippen LogP contribution in [-0.2, 0) is 16.4 Å². The quantitative estimate of drug-likeness (QED) is 0.874. The lowest BCUT2D eigenvalue weighted by Crippen LogP contribution is -2.26. The zero-order chi connectivity index (χ0) is 15.5. The van der Waals surface area contributed by atoms with Crippen molar-refractivity contribution in [2.24, 2.45) is 0 Å². The van der Waals surface area contributed by atoms with Gasteiger partial charge in [-0.25, -0.2) is 13.1 Å². The topological polar surface area (TPSA) is 66.4 Å². The van der Waals surface area contributed by atoms with E-state index in [0.717, 1.165) is 5.56 Å². The highest BCUT2D eigenvalue weighted by Gasteiger charge is 2.14. The molecule has 0 aliphatic heterocycles. The summed E-state index contributed by atoms with van der Waals surface area (Å²) in [6.07, 6.45) is 0.508.